The Bertz CT molecular complexity index is 2120. The van der Waals surface area contributed by atoms with Gasteiger partial charge < -0.3 is 4.90 Å². The van der Waals surface area contributed by atoms with Gasteiger partial charge >= 0.3 is 0 Å². The summed E-state index contributed by atoms with van der Waals surface area (Å²) in [6.07, 6.45) is 12.5. The molecule has 0 atom stereocenters. The third kappa shape index (κ3) is 3.23. The number of nitrogens with zero attached hydrogens (tertiary/aromatic N) is 4. The van der Waals surface area contributed by atoms with Gasteiger partial charge in [-0.3, -0.25) is 15.0 Å². The molecule has 0 radical (unpaired) electrons. The van der Waals surface area contributed by atoms with E-state index in [1.54, 1.807) is 0 Å². The minimum absolute atomic E-state index is 0.0204. The highest BCUT2D eigenvalue weighted by atomic mass is 15.2. The molecule has 7 aromatic rings. The Balaban J connectivity index is 1.43. The normalized spacial score (nSPS) is 14.6. The van der Waals surface area contributed by atoms with Crippen LogP contribution >= 0.6 is 0 Å². The van der Waals surface area contributed by atoms with Gasteiger partial charge in [0.05, 0.1) is 5.41 Å². The Morgan fingerprint density at radius 3 is 1.15 bits per heavy atom. The maximum Gasteiger partial charge on any atom is 0.250 e. The van der Waals surface area contributed by atoms with Gasteiger partial charge in [0.1, 0.15) is 0 Å². The molecule has 10 rings (SSSR count). The second-order valence-electron chi connectivity index (χ2n) is 12.4. The van der Waals surface area contributed by atoms with Crippen molar-refractivity contribution in [1.82, 2.24) is 15.0 Å². The summed E-state index contributed by atoms with van der Waals surface area (Å²) in [5, 5.41) is 0. The first kappa shape index (κ1) is 25.6. The lowest BCUT2D eigenvalue weighted by Gasteiger charge is -2.52. The zero-order valence-corrected chi connectivity index (χ0v) is 25.0. The van der Waals surface area contributed by atoms with Gasteiger partial charge in [0.15, 0.2) is 0 Å². The Kier molecular flexibility index (Phi) is 5.35. The lowest BCUT2D eigenvalue weighted by atomic mass is 9.30. The highest BCUT2D eigenvalue weighted by Gasteiger charge is 2.54. The molecule has 46 heavy (non-hydrogen) atoms. The molecule has 212 valence electrons. The third-order valence-electron chi connectivity index (χ3n) is 10.3. The molecular formula is C40H26B2N4. The third-order valence-corrected chi connectivity index (χ3v) is 10.3. The van der Waals surface area contributed by atoms with Gasteiger partial charge in [0.2, 0.25) is 0 Å². The van der Waals surface area contributed by atoms with Crippen LogP contribution in [0.3, 0.4) is 0 Å². The fraction of sp³-hybridized carbons (Fsp3) is 0.0250. The van der Waals surface area contributed by atoms with Gasteiger partial charge in [-0.05, 0) is 33.0 Å². The molecule has 4 aromatic carbocycles. The van der Waals surface area contributed by atoms with E-state index in [1.165, 1.54) is 72.1 Å². The summed E-state index contributed by atoms with van der Waals surface area (Å²) in [4.78, 5) is 17.5. The van der Waals surface area contributed by atoms with E-state index < -0.39 is 5.41 Å². The van der Waals surface area contributed by atoms with Crippen molar-refractivity contribution in [1.29, 1.82) is 0 Å². The Morgan fingerprint density at radius 1 is 0.391 bits per heavy atom. The average molecular weight is 584 g/mol. The van der Waals surface area contributed by atoms with Gasteiger partial charge in [0.25, 0.3) is 13.4 Å². The summed E-state index contributed by atoms with van der Waals surface area (Å²) < 4.78 is 0. The smallest absolute Gasteiger partial charge is 0.250 e. The molecule has 0 spiro atoms. The van der Waals surface area contributed by atoms with Gasteiger partial charge in [-0.25, -0.2) is 0 Å². The number of hydrogen-bond donors (Lipinski definition) is 0. The molecule has 0 amide bonds. The monoisotopic (exact) mass is 584 g/mol. The molecule has 0 bridgehead atoms. The molecule has 3 aliphatic rings. The second kappa shape index (κ2) is 9.63. The van der Waals surface area contributed by atoms with E-state index in [1.807, 2.05) is 0 Å². The zero-order chi connectivity index (χ0) is 30.2. The van der Waals surface area contributed by atoms with Crippen LogP contribution in [0.4, 0.5) is 17.1 Å². The number of hydrogen-bond acceptors (Lipinski definition) is 4. The van der Waals surface area contributed by atoms with E-state index in [0.29, 0.717) is 0 Å². The van der Waals surface area contributed by atoms with E-state index in [0.717, 1.165) is 0 Å². The molecule has 6 heteroatoms. The molecular weight excluding hydrogens is 558 g/mol. The van der Waals surface area contributed by atoms with Crippen molar-refractivity contribution in [2.24, 2.45) is 0 Å². The minimum Gasteiger partial charge on any atom is -0.312 e. The maximum absolute atomic E-state index is 5.04. The van der Waals surface area contributed by atoms with Gasteiger partial charge in [-0.2, -0.15) is 0 Å². The zero-order valence-electron chi connectivity index (χ0n) is 25.0. The maximum atomic E-state index is 5.04. The van der Waals surface area contributed by atoms with Crippen LogP contribution in [-0.2, 0) is 5.41 Å². The summed E-state index contributed by atoms with van der Waals surface area (Å²) in [6, 6.07) is 43.5. The molecule has 0 saturated heterocycles. The van der Waals surface area contributed by atoms with E-state index in [4.69, 9.17) is 15.0 Å². The Labute approximate surface area is 268 Å². The average Bonchev–Trinajstić information content (AvgIpc) is 3.13. The van der Waals surface area contributed by atoms with Crippen molar-refractivity contribution in [3.63, 3.8) is 0 Å². The van der Waals surface area contributed by atoms with Gasteiger partial charge in [-0.15, -0.1) is 0 Å². The van der Waals surface area contributed by atoms with Crippen molar-refractivity contribution < 1.29 is 0 Å². The summed E-state index contributed by atoms with van der Waals surface area (Å²) in [5.41, 5.74) is 15.0. The van der Waals surface area contributed by atoms with Gasteiger partial charge in [-0.1, -0.05) is 132 Å². The van der Waals surface area contributed by atoms with Crippen LogP contribution < -0.4 is 37.7 Å². The summed E-state index contributed by atoms with van der Waals surface area (Å²) in [6.45, 7) is -0.0408. The number of benzene rings is 4. The number of rotatable bonds is 4. The summed E-state index contributed by atoms with van der Waals surface area (Å²) in [7, 11) is 0. The Morgan fingerprint density at radius 2 is 0.739 bits per heavy atom. The SMILES string of the molecule is c1ccc(B2c3cncc4c3N3c5c2cncc5C(c2ccccc2)(c2ccccc2)c2cncc(c23)B4c2ccccc2)cc1. The summed E-state index contributed by atoms with van der Waals surface area (Å²) in [5.74, 6) is 0. The van der Waals surface area contributed by atoms with Crippen LogP contribution in [0.15, 0.2) is 159 Å². The lowest BCUT2D eigenvalue weighted by molar-refractivity contribution is 0.723. The van der Waals surface area contributed by atoms with Crippen molar-refractivity contribution in [2.75, 3.05) is 4.90 Å². The van der Waals surface area contributed by atoms with Crippen LogP contribution in [0.5, 0.6) is 0 Å². The van der Waals surface area contributed by atoms with Crippen molar-refractivity contribution in [3.05, 3.63) is 181 Å². The van der Waals surface area contributed by atoms with Crippen LogP contribution in [0.2, 0.25) is 0 Å². The van der Waals surface area contributed by atoms with E-state index in [-0.39, 0.29) is 13.4 Å². The minimum atomic E-state index is -0.639. The molecule has 0 unspecified atom stereocenters. The van der Waals surface area contributed by atoms with Crippen molar-refractivity contribution >= 4 is 63.3 Å². The molecule has 4 nitrogen and oxygen atoms in total. The van der Waals surface area contributed by atoms with Crippen molar-refractivity contribution in [3.8, 4) is 0 Å². The molecule has 6 heterocycles. The number of anilines is 3. The first-order chi connectivity index (χ1) is 22.9. The molecule has 0 saturated carbocycles. The highest BCUT2D eigenvalue weighted by molar-refractivity contribution is 7.02. The lowest BCUT2D eigenvalue weighted by Crippen LogP contribution is -2.67. The van der Waals surface area contributed by atoms with Crippen LogP contribution in [0.25, 0.3) is 0 Å². The quantitative estimate of drug-likeness (QED) is 0.296. The first-order valence-corrected chi connectivity index (χ1v) is 15.8. The molecule has 0 aliphatic carbocycles. The molecule has 0 N–H and O–H groups in total. The molecule has 3 aromatic heterocycles. The standard InChI is InChI=1S/C40H26B2N4/c1-5-13-27(14-6-1)40(28-15-7-2-8-16-28)31-21-43-23-33-37(31)46-38-32(40)22-44-24-34(38)42(30-19-11-4-12-20-30)36-26-45-25-35(39(36)46)41(33)29-17-9-3-10-18-29/h1-26H. The van der Waals surface area contributed by atoms with E-state index >= 15 is 0 Å². The predicted molar refractivity (Wildman–Crippen MR) is 189 cm³/mol. The molecule has 3 aliphatic heterocycles. The highest BCUT2D eigenvalue weighted by Crippen LogP contribution is 2.57. The van der Waals surface area contributed by atoms with Crippen LogP contribution in [0.1, 0.15) is 22.3 Å². The topological polar surface area (TPSA) is 41.9 Å². The fourth-order valence-corrected chi connectivity index (χ4v) is 8.57. The Hall–Kier alpha value is -5.74. The summed E-state index contributed by atoms with van der Waals surface area (Å²) >= 11 is 0. The predicted octanol–water partition coefficient (Wildman–Crippen LogP) is 3.70. The molecule has 0 fully saturated rings. The van der Waals surface area contributed by atoms with E-state index in [9.17, 15) is 0 Å². The number of aromatic nitrogens is 3. The first-order valence-electron chi connectivity index (χ1n) is 15.8. The van der Waals surface area contributed by atoms with Gasteiger partial charge in [0, 0.05) is 65.4 Å². The second-order valence-corrected chi connectivity index (χ2v) is 12.4. The number of pyridine rings is 3. The van der Waals surface area contributed by atoms with Crippen molar-refractivity contribution in [2.45, 2.75) is 5.41 Å². The van der Waals surface area contributed by atoms with E-state index in [2.05, 4.69) is 163 Å². The van der Waals surface area contributed by atoms with Crippen LogP contribution in [0, 0.1) is 0 Å². The largest absolute Gasteiger partial charge is 0.312 e. The van der Waals surface area contributed by atoms with Crippen LogP contribution in [-0.4, -0.2) is 28.4 Å². The fourth-order valence-electron chi connectivity index (χ4n) is 8.57.